The molecular weight excluding hydrogens is 552 g/mol. The molecule has 1 aliphatic carbocycles. The van der Waals surface area contributed by atoms with E-state index < -0.39 is 0 Å². The fourth-order valence-electron chi connectivity index (χ4n) is 6.55. The molecule has 42 heavy (non-hydrogen) atoms. The van der Waals surface area contributed by atoms with Crippen LogP contribution in [0.2, 0.25) is 0 Å². The molecule has 1 unspecified atom stereocenters. The molecular formula is C32H43ClN6O3. The molecule has 9 nitrogen and oxygen atoms in total. The Morgan fingerprint density at radius 2 is 1.86 bits per heavy atom. The molecule has 1 aromatic heterocycles. The number of likely N-dealkylation sites (tertiary alicyclic amines) is 1. The van der Waals surface area contributed by atoms with Gasteiger partial charge in [-0.3, -0.25) is 4.79 Å². The highest BCUT2D eigenvalue weighted by atomic mass is 35.5. The van der Waals surface area contributed by atoms with Gasteiger partial charge in [-0.25, -0.2) is 9.97 Å². The van der Waals surface area contributed by atoms with Crippen LogP contribution in [-0.2, 0) is 16.1 Å². The average Bonchev–Trinajstić information content (AvgIpc) is 3.41. The largest absolute Gasteiger partial charge is 0.493 e. The molecule has 10 heteroatoms. The van der Waals surface area contributed by atoms with E-state index in [2.05, 4.69) is 62.6 Å². The summed E-state index contributed by atoms with van der Waals surface area (Å²) in [6.07, 6.45) is 11.9. The van der Waals surface area contributed by atoms with Gasteiger partial charge in [0.1, 0.15) is 12.9 Å². The first-order chi connectivity index (χ1) is 20.1. The van der Waals surface area contributed by atoms with Crippen LogP contribution in [0.15, 0.2) is 47.9 Å². The average molecular weight is 595 g/mol. The molecule has 2 aromatic rings. The number of amides is 1. The highest BCUT2D eigenvalue weighted by molar-refractivity contribution is 5.99. The maximum atomic E-state index is 13.3. The van der Waals surface area contributed by atoms with Gasteiger partial charge in [-0.15, -0.1) is 12.4 Å². The molecule has 1 N–H and O–H groups in total. The fraction of sp³-hybridized carbons (Fsp3) is 0.562. The lowest BCUT2D eigenvalue weighted by atomic mass is 9.79. The van der Waals surface area contributed by atoms with Gasteiger partial charge in [0, 0.05) is 51.0 Å². The van der Waals surface area contributed by atoms with Gasteiger partial charge < -0.3 is 24.7 Å². The van der Waals surface area contributed by atoms with E-state index in [1.165, 1.54) is 16.7 Å². The molecule has 0 bridgehead atoms. The second-order valence-electron chi connectivity index (χ2n) is 12.0. The number of rotatable bonds is 8. The Hall–Kier alpha value is -3.17. The number of benzene rings is 1. The molecule has 4 heterocycles. The molecule has 1 amide bonds. The number of ether oxygens (including phenoxy) is 1. The van der Waals surface area contributed by atoms with Crippen LogP contribution >= 0.6 is 12.4 Å². The van der Waals surface area contributed by atoms with Crippen LogP contribution in [0.4, 0.5) is 5.95 Å². The van der Waals surface area contributed by atoms with E-state index in [4.69, 9.17) is 9.57 Å². The number of aromatic nitrogens is 2. The zero-order chi connectivity index (χ0) is 28.2. The van der Waals surface area contributed by atoms with Gasteiger partial charge in [0.25, 0.3) is 0 Å². The molecule has 0 saturated carbocycles. The molecule has 1 atom stereocenters. The number of nitrogens with zero attached hydrogens (tertiary/aromatic N) is 5. The predicted molar refractivity (Wildman–Crippen MR) is 167 cm³/mol. The molecule has 1 aromatic carbocycles. The third-order valence-electron chi connectivity index (χ3n) is 9.35. The van der Waals surface area contributed by atoms with Crippen LogP contribution in [0.1, 0.15) is 50.2 Å². The molecule has 3 fully saturated rings. The summed E-state index contributed by atoms with van der Waals surface area (Å²) in [5.41, 5.74) is 4.69. The predicted octanol–water partition coefficient (Wildman–Crippen LogP) is 4.37. The summed E-state index contributed by atoms with van der Waals surface area (Å²) in [5.74, 6) is 2.60. The summed E-state index contributed by atoms with van der Waals surface area (Å²) in [5, 5.41) is 7.58. The highest BCUT2D eigenvalue weighted by Gasteiger charge is 2.50. The van der Waals surface area contributed by atoms with Crippen LogP contribution in [-0.4, -0.2) is 79.5 Å². The van der Waals surface area contributed by atoms with E-state index in [9.17, 15) is 4.79 Å². The Labute approximate surface area is 255 Å². The molecule has 226 valence electrons. The van der Waals surface area contributed by atoms with Crippen LogP contribution < -0.4 is 15.0 Å². The van der Waals surface area contributed by atoms with E-state index in [1.54, 1.807) is 7.11 Å². The first-order valence-electron chi connectivity index (χ1n) is 15.1. The molecule has 4 aliphatic rings. The number of aryl methyl sites for hydroxylation is 1. The summed E-state index contributed by atoms with van der Waals surface area (Å²) in [6.45, 7) is 7.86. The minimum absolute atomic E-state index is 0. The number of oxime groups is 1. The van der Waals surface area contributed by atoms with Crippen molar-refractivity contribution in [2.24, 2.45) is 22.4 Å². The fourth-order valence-corrected chi connectivity index (χ4v) is 6.55. The van der Waals surface area contributed by atoms with E-state index in [-0.39, 0.29) is 29.6 Å². The topological polar surface area (TPSA) is 92.2 Å². The van der Waals surface area contributed by atoms with Gasteiger partial charge in [0.15, 0.2) is 0 Å². The van der Waals surface area contributed by atoms with Gasteiger partial charge >= 0.3 is 0 Å². The van der Waals surface area contributed by atoms with Crippen molar-refractivity contribution in [3.63, 3.8) is 0 Å². The van der Waals surface area contributed by atoms with Crippen LogP contribution in [0, 0.1) is 17.3 Å². The quantitative estimate of drug-likeness (QED) is 0.454. The highest BCUT2D eigenvalue weighted by Crippen LogP contribution is 2.36. The van der Waals surface area contributed by atoms with Crippen molar-refractivity contribution in [2.75, 3.05) is 57.9 Å². The Balaban J connectivity index is 0.00000353. The second kappa shape index (κ2) is 13.4. The minimum Gasteiger partial charge on any atom is -0.493 e. The van der Waals surface area contributed by atoms with Crippen molar-refractivity contribution in [1.82, 2.24) is 20.2 Å². The van der Waals surface area contributed by atoms with Gasteiger partial charge in [0.05, 0.1) is 24.3 Å². The van der Waals surface area contributed by atoms with E-state index in [0.29, 0.717) is 12.5 Å². The van der Waals surface area contributed by atoms with Crippen LogP contribution in [0.25, 0.3) is 5.57 Å². The monoisotopic (exact) mass is 594 g/mol. The summed E-state index contributed by atoms with van der Waals surface area (Å²) in [4.78, 5) is 31.8. The lowest BCUT2D eigenvalue weighted by molar-refractivity contribution is -0.135. The van der Waals surface area contributed by atoms with Crippen LogP contribution in [0.3, 0.4) is 0 Å². The van der Waals surface area contributed by atoms with Crippen molar-refractivity contribution < 1.29 is 14.4 Å². The Kier molecular flexibility index (Phi) is 9.68. The van der Waals surface area contributed by atoms with Crippen molar-refractivity contribution in [3.8, 4) is 5.75 Å². The number of allylic oxidation sites excluding steroid dienone is 2. The summed E-state index contributed by atoms with van der Waals surface area (Å²) >= 11 is 0. The second-order valence-corrected chi connectivity index (χ2v) is 12.0. The van der Waals surface area contributed by atoms with Gasteiger partial charge in [-0.05, 0) is 73.3 Å². The lowest BCUT2D eigenvalue weighted by Gasteiger charge is -2.39. The zero-order valence-electron chi connectivity index (χ0n) is 24.8. The van der Waals surface area contributed by atoms with Crippen LogP contribution in [0.5, 0.6) is 5.75 Å². The van der Waals surface area contributed by atoms with Crippen molar-refractivity contribution in [1.29, 1.82) is 0 Å². The SMILES string of the molecule is CCc1cnc(N2CCC(COc3ccc(C4=CCC(C(=O)N5C/C(=N\OC)C6(CNC6)C5)CC4)cc3)CC2)nc1.Cl. The number of carbonyl (C=O) groups is 1. The van der Waals surface area contributed by atoms with E-state index in [0.717, 1.165) is 95.3 Å². The lowest BCUT2D eigenvalue weighted by Crippen LogP contribution is -2.58. The maximum Gasteiger partial charge on any atom is 0.226 e. The third-order valence-corrected chi connectivity index (χ3v) is 9.35. The number of halogens is 1. The summed E-state index contributed by atoms with van der Waals surface area (Å²) in [6, 6.07) is 8.48. The standard InChI is InChI=1S/C32H42N6O3.ClH/c1-3-23-16-34-31(35-17-23)37-14-12-24(13-15-37)19-41-28-10-8-26(9-11-28)25-4-6-27(7-5-25)30(39)38-18-29(36-40-2)32(22-38)20-33-21-32;/h4,8-11,16-17,24,27,33H,3,5-7,12-15,18-22H2,1-2H3;1H/b36-29+;. The number of anilines is 1. The third kappa shape index (κ3) is 6.42. The first-order valence-corrected chi connectivity index (χ1v) is 15.1. The van der Waals surface area contributed by atoms with E-state index >= 15 is 0 Å². The minimum atomic E-state index is -0.0293. The molecule has 6 rings (SSSR count). The van der Waals surface area contributed by atoms with Crippen molar-refractivity contribution in [3.05, 3.63) is 53.9 Å². The normalized spacial score (nSPS) is 22.9. The Morgan fingerprint density at radius 3 is 2.45 bits per heavy atom. The summed E-state index contributed by atoms with van der Waals surface area (Å²) in [7, 11) is 1.58. The number of nitrogens with one attached hydrogen (secondary N) is 1. The molecule has 3 saturated heterocycles. The smallest absolute Gasteiger partial charge is 0.226 e. The molecule has 0 radical (unpaired) electrons. The van der Waals surface area contributed by atoms with Crippen molar-refractivity contribution >= 4 is 35.5 Å². The van der Waals surface area contributed by atoms with Gasteiger partial charge in [0.2, 0.25) is 11.9 Å². The molecule has 3 aliphatic heterocycles. The Bertz CT molecular complexity index is 1270. The number of piperidine rings is 1. The Morgan fingerprint density at radius 1 is 1.12 bits per heavy atom. The first kappa shape index (κ1) is 30.3. The number of carbonyl (C=O) groups excluding carboxylic acids is 1. The number of hydrogen-bond donors (Lipinski definition) is 1. The zero-order valence-corrected chi connectivity index (χ0v) is 25.6. The van der Waals surface area contributed by atoms with Gasteiger partial charge in [-0.1, -0.05) is 30.3 Å². The van der Waals surface area contributed by atoms with Gasteiger partial charge in [-0.2, -0.15) is 0 Å². The maximum absolute atomic E-state index is 13.3. The van der Waals surface area contributed by atoms with E-state index in [1.807, 2.05) is 17.3 Å². The van der Waals surface area contributed by atoms with Crippen molar-refractivity contribution in [2.45, 2.75) is 45.4 Å². The summed E-state index contributed by atoms with van der Waals surface area (Å²) < 4.78 is 6.18. The number of hydrogen-bond acceptors (Lipinski definition) is 8. The molecule has 1 spiro atoms.